The van der Waals surface area contributed by atoms with E-state index in [1.165, 1.54) is 0 Å². The summed E-state index contributed by atoms with van der Waals surface area (Å²) < 4.78 is 55.5. The number of rotatable bonds is 9. The van der Waals surface area contributed by atoms with Crippen molar-refractivity contribution in [2.45, 2.75) is 24.5 Å². The molecule has 0 bridgehead atoms. The van der Waals surface area contributed by atoms with Crippen molar-refractivity contribution < 1.29 is 66.1 Å². The minimum atomic E-state index is -5.75. The van der Waals surface area contributed by atoms with Gasteiger partial charge in [-0.3, -0.25) is 18.9 Å². The van der Waals surface area contributed by atoms with E-state index in [-0.39, 0.29) is 5.75 Å². The Balaban J connectivity index is 2.12. The smallest absolute Gasteiger partial charge is 0.490 e. The van der Waals surface area contributed by atoms with E-state index >= 15 is 0 Å². The van der Waals surface area contributed by atoms with E-state index in [0.717, 1.165) is 13.3 Å². The summed E-state index contributed by atoms with van der Waals surface area (Å²) in [6, 6.07) is 0. The summed E-state index contributed by atoms with van der Waals surface area (Å²) in [4.78, 5) is 60.7. The van der Waals surface area contributed by atoms with Gasteiger partial charge in [-0.25, -0.2) is 18.5 Å². The van der Waals surface area contributed by atoms with Crippen molar-refractivity contribution in [1.82, 2.24) is 9.55 Å². The van der Waals surface area contributed by atoms with Crippen LogP contribution in [0.3, 0.4) is 0 Å². The van der Waals surface area contributed by atoms with Crippen molar-refractivity contribution in [1.29, 1.82) is 0 Å². The van der Waals surface area contributed by atoms with Crippen molar-refractivity contribution in [3.05, 3.63) is 27.0 Å². The molecule has 0 spiro atoms. The molecule has 0 amide bonds. The Morgan fingerprint density at radius 1 is 1.06 bits per heavy atom. The first-order valence-electron chi connectivity index (χ1n) is 7.74. The van der Waals surface area contributed by atoms with E-state index in [9.17, 15) is 38.4 Å². The largest absolute Gasteiger partial charge is 0.490 e. The molecule has 6 atom stereocenters. The Labute approximate surface area is 171 Å². The van der Waals surface area contributed by atoms with Crippen LogP contribution in [0.25, 0.3) is 0 Å². The number of aromatic nitrogens is 2. The van der Waals surface area contributed by atoms with E-state index < -0.39 is 65.9 Å². The first-order valence-corrected chi connectivity index (χ1v) is 12.3. The zero-order chi connectivity index (χ0) is 23.8. The third kappa shape index (κ3) is 6.87. The molecule has 0 saturated carbocycles. The fraction of sp³-hybridized carbons (Fsp3) is 0.600. The minimum Gasteiger partial charge on any atom is -0.490 e. The van der Waals surface area contributed by atoms with E-state index in [2.05, 4.69) is 13.1 Å². The minimum absolute atomic E-state index is 0.346. The number of phosphoric acid groups is 3. The zero-order valence-corrected chi connectivity index (χ0v) is 17.8. The second-order valence-electron chi connectivity index (χ2n) is 5.80. The van der Waals surface area contributed by atoms with Crippen molar-refractivity contribution in [2.75, 3.05) is 13.7 Å². The molecule has 7 N–H and O–H groups in total. The fourth-order valence-corrected chi connectivity index (χ4v) is 5.40. The van der Waals surface area contributed by atoms with Gasteiger partial charge in [0, 0.05) is 0 Å². The van der Waals surface area contributed by atoms with Crippen molar-refractivity contribution in [3.63, 3.8) is 0 Å². The number of aromatic amines is 1. The van der Waals surface area contributed by atoms with Gasteiger partial charge in [0.1, 0.15) is 18.3 Å². The maximum absolute atomic E-state index is 11.9. The number of aliphatic hydroxyl groups excluding tert-OH is 2. The van der Waals surface area contributed by atoms with Crippen LogP contribution in [0.2, 0.25) is 0 Å². The molecule has 2 rings (SSSR count). The SMILES string of the molecule is COc1cn([C@@H]2O[C@H](COP(=O)(O)OP(=O)(O)OP(=O)(O)O)[C@H](O)C2O)c(=O)[nH]c1=O. The lowest BCUT2D eigenvalue weighted by atomic mass is 10.1. The topological polar surface area (TPSA) is 274 Å². The zero-order valence-electron chi connectivity index (χ0n) is 15.1. The first kappa shape index (κ1) is 26.0. The van der Waals surface area contributed by atoms with Gasteiger partial charge in [-0.05, 0) is 0 Å². The van der Waals surface area contributed by atoms with Crippen LogP contribution in [0.4, 0.5) is 0 Å². The van der Waals surface area contributed by atoms with Gasteiger partial charge in [0.25, 0.3) is 5.56 Å². The molecule has 0 radical (unpaired) electrons. The number of ether oxygens (including phenoxy) is 2. The number of H-pyrrole nitrogens is 1. The molecule has 1 fully saturated rings. The number of nitrogens with one attached hydrogen (secondary N) is 1. The van der Waals surface area contributed by atoms with Crippen LogP contribution < -0.4 is 16.0 Å². The summed E-state index contributed by atoms with van der Waals surface area (Å²) in [5.41, 5.74) is -1.95. The predicted molar refractivity (Wildman–Crippen MR) is 93.6 cm³/mol. The number of methoxy groups -OCH3 is 1. The normalized spacial score (nSPS) is 28.1. The molecule has 21 heteroatoms. The second-order valence-corrected chi connectivity index (χ2v) is 10.2. The summed E-state index contributed by atoms with van der Waals surface area (Å²) in [5.74, 6) is -0.346. The molecule has 1 aromatic heterocycles. The number of phosphoric ester groups is 1. The molecule has 31 heavy (non-hydrogen) atoms. The van der Waals surface area contributed by atoms with Crippen LogP contribution in [0.15, 0.2) is 15.8 Å². The summed E-state index contributed by atoms with van der Waals surface area (Å²) >= 11 is 0. The van der Waals surface area contributed by atoms with Crippen LogP contribution >= 0.6 is 23.5 Å². The van der Waals surface area contributed by atoms with Gasteiger partial charge in [0.05, 0.1) is 19.9 Å². The molecular weight excluding hydrogens is 497 g/mol. The Morgan fingerprint density at radius 2 is 1.68 bits per heavy atom. The lowest BCUT2D eigenvalue weighted by Crippen LogP contribution is -2.38. The number of hydrogen-bond acceptors (Lipinski definition) is 12. The average molecular weight is 514 g/mol. The van der Waals surface area contributed by atoms with Gasteiger partial charge >= 0.3 is 29.2 Å². The summed E-state index contributed by atoms with van der Waals surface area (Å²) in [6.07, 6.45) is -6.02. The molecule has 2 heterocycles. The quantitative estimate of drug-likeness (QED) is 0.168. The highest BCUT2D eigenvalue weighted by Crippen LogP contribution is 2.66. The number of nitrogens with zero attached hydrogens (tertiary/aromatic N) is 1. The molecule has 3 unspecified atom stereocenters. The second kappa shape index (κ2) is 9.33. The van der Waals surface area contributed by atoms with Crippen LogP contribution in [-0.2, 0) is 31.6 Å². The average Bonchev–Trinajstić information content (AvgIpc) is 2.85. The summed E-state index contributed by atoms with van der Waals surface area (Å²) in [6.45, 7) is -1.08. The lowest BCUT2D eigenvalue weighted by Gasteiger charge is -2.19. The summed E-state index contributed by atoms with van der Waals surface area (Å²) in [5, 5.41) is 20.1. The van der Waals surface area contributed by atoms with Crippen molar-refractivity contribution in [3.8, 4) is 5.75 Å². The van der Waals surface area contributed by atoms with Gasteiger partial charge in [-0.15, -0.1) is 0 Å². The molecular formula is C10H17N2O16P3. The van der Waals surface area contributed by atoms with Crippen LogP contribution in [0.5, 0.6) is 5.75 Å². The number of aliphatic hydroxyl groups is 2. The molecule has 178 valence electrons. The van der Waals surface area contributed by atoms with Gasteiger partial charge in [-0.1, -0.05) is 0 Å². The highest BCUT2D eigenvalue weighted by atomic mass is 31.3. The third-order valence-corrected chi connectivity index (χ3v) is 7.39. The molecule has 1 aliphatic heterocycles. The fourth-order valence-electron chi connectivity index (χ4n) is 2.37. The van der Waals surface area contributed by atoms with Crippen LogP contribution in [0, 0.1) is 0 Å². The molecule has 1 saturated heterocycles. The van der Waals surface area contributed by atoms with Gasteiger partial charge in [0.2, 0.25) is 5.75 Å². The summed E-state index contributed by atoms with van der Waals surface area (Å²) in [7, 11) is -15.7. The van der Waals surface area contributed by atoms with Gasteiger partial charge in [0.15, 0.2) is 6.23 Å². The van der Waals surface area contributed by atoms with Crippen molar-refractivity contribution >= 4 is 23.5 Å². The molecule has 0 aromatic carbocycles. The Kier molecular flexibility index (Phi) is 7.83. The predicted octanol–water partition coefficient (Wildman–Crippen LogP) is -2.49. The maximum Gasteiger partial charge on any atom is 0.490 e. The van der Waals surface area contributed by atoms with Gasteiger partial charge in [-0.2, -0.15) is 8.62 Å². The van der Waals surface area contributed by atoms with Crippen molar-refractivity contribution in [2.24, 2.45) is 0 Å². The molecule has 1 aliphatic rings. The van der Waals surface area contributed by atoms with E-state index in [1.54, 1.807) is 0 Å². The monoisotopic (exact) mass is 514 g/mol. The van der Waals surface area contributed by atoms with E-state index in [1.807, 2.05) is 4.98 Å². The highest BCUT2D eigenvalue weighted by molar-refractivity contribution is 7.66. The Hall–Kier alpha value is -1.23. The van der Waals surface area contributed by atoms with E-state index in [4.69, 9.17) is 24.2 Å². The number of hydrogen-bond donors (Lipinski definition) is 7. The third-order valence-electron chi connectivity index (χ3n) is 3.58. The molecule has 18 nitrogen and oxygen atoms in total. The van der Waals surface area contributed by atoms with E-state index in [0.29, 0.717) is 4.57 Å². The Bertz CT molecular complexity index is 1060. The molecule has 0 aliphatic carbocycles. The standard InChI is InChI=1S/C10H17N2O16P3/c1-24-4-2-12(10(16)11-8(4)15)9-7(14)6(13)5(26-9)3-25-30(20,21)28-31(22,23)27-29(17,18)19/h2,5-7,9,13-14H,3H2,1H3,(H,20,21)(H,22,23)(H,11,15,16)(H2,17,18,19)/t5-,6+,7?,9-/m1/s1. The van der Waals surface area contributed by atoms with Crippen LogP contribution in [0.1, 0.15) is 6.23 Å². The Morgan fingerprint density at radius 3 is 2.23 bits per heavy atom. The first-order chi connectivity index (χ1) is 14.1. The van der Waals surface area contributed by atoms with Crippen LogP contribution in [-0.4, -0.2) is 71.4 Å². The lowest BCUT2D eigenvalue weighted by molar-refractivity contribution is -0.0544. The highest BCUT2D eigenvalue weighted by Gasteiger charge is 2.46. The van der Waals surface area contributed by atoms with Gasteiger partial charge < -0.3 is 39.3 Å². The maximum atomic E-state index is 11.9. The molecule has 1 aromatic rings.